The molecule has 9 nitrogen and oxygen atoms in total. The van der Waals surface area contributed by atoms with Gasteiger partial charge >= 0.3 is 5.76 Å². The maximum Gasteiger partial charge on any atom is 0.434 e. The van der Waals surface area contributed by atoms with Gasteiger partial charge in [-0.2, -0.15) is 4.72 Å². The summed E-state index contributed by atoms with van der Waals surface area (Å²) in [5.41, 5.74) is 2.07. The molecule has 2 atom stereocenters. The highest BCUT2D eigenvalue weighted by atomic mass is 35.5. The number of nitrogens with zero attached hydrogens (tertiary/aromatic N) is 2. The molecule has 0 aliphatic rings. The van der Waals surface area contributed by atoms with Crippen molar-refractivity contribution in [1.82, 2.24) is 19.9 Å². The van der Waals surface area contributed by atoms with Crippen LogP contribution >= 0.6 is 23.2 Å². The van der Waals surface area contributed by atoms with E-state index in [0.29, 0.717) is 21.8 Å². The van der Waals surface area contributed by atoms with Gasteiger partial charge in [0, 0.05) is 28.8 Å². The lowest BCUT2D eigenvalue weighted by Crippen LogP contribution is -2.33. The second-order valence-corrected chi connectivity index (χ2v) is 10.6. The quantitative estimate of drug-likeness (QED) is 0.287. The fourth-order valence-electron chi connectivity index (χ4n) is 4.10. The van der Waals surface area contributed by atoms with Crippen molar-refractivity contribution in [2.24, 2.45) is 0 Å². The van der Waals surface area contributed by atoms with E-state index in [4.69, 9.17) is 32.4 Å². The molecule has 194 valence electrons. The first-order valence-electron chi connectivity index (χ1n) is 10.8. The summed E-state index contributed by atoms with van der Waals surface area (Å²) in [5, 5.41) is 6.51. The molecular weight excluding hydrogens is 546 g/mol. The zero-order valence-electron chi connectivity index (χ0n) is 19.8. The van der Waals surface area contributed by atoms with E-state index < -0.39 is 33.6 Å². The van der Waals surface area contributed by atoms with Crippen molar-refractivity contribution in [2.45, 2.75) is 30.7 Å². The molecule has 0 amide bonds. The van der Waals surface area contributed by atoms with E-state index in [2.05, 4.69) is 19.9 Å². The van der Waals surface area contributed by atoms with Gasteiger partial charge in [0.25, 0.3) is 0 Å². The fourth-order valence-corrected chi connectivity index (χ4v) is 5.80. The van der Waals surface area contributed by atoms with Crippen molar-refractivity contribution in [2.75, 3.05) is 7.11 Å². The summed E-state index contributed by atoms with van der Waals surface area (Å²) >= 11 is 11.9. The Morgan fingerprint density at radius 3 is 2.54 bits per heavy atom. The number of hydrogen-bond acceptors (Lipinski definition) is 7. The minimum absolute atomic E-state index is 0.00511. The van der Waals surface area contributed by atoms with Crippen molar-refractivity contribution >= 4 is 33.2 Å². The van der Waals surface area contributed by atoms with E-state index in [1.54, 1.807) is 38.2 Å². The number of H-pyrrole nitrogens is 1. The van der Waals surface area contributed by atoms with Gasteiger partial charge in [0.15, 0.2) is 0 Å². The van der Waals surface area contributed by atoms with E-state index >= 15 is 4.39 Å². The summed E-state index contributed by atoms with van der Waals surface area (Å²) in [5.74, 6) is -2.64. The largest absolute Gasteiger partial charge is 0.495 e. The molecule has 4 rings (SSSR count). The molecule has 37 heavy (non-hydrogen) atoms. The molecule has 0 bridgehead atoms. The maximum atomic E-state index is 15.3. The van der Waals surface area contributed by atoms with Crippen molar-refractivity contribution in [3.8, 4) is 16.9 Å². The van der Waals surface area contributed by atoms with Crippen LogP contribution in [0.3, 0.4) is 0 Å². The van der Waals surface area contributed by atoms with Crippen LogP contribution in [0.4, 0.5) is 4.39 Å². The Balaban J connectivity index is 1.82. The highest BCUT2D eigenvalue weighted by molar-refractivity contribution is 7.89. The Hall–Kier alpha value is -3.25. The van der Waals surface area contributed by atoms with Gasteiger partial charge in [0.05, 0.1) is 7.11 Å². The SMILES string of the molecule is COc1cc(Cl)ccc1S(=O)(=O)NC(c1n[nH]c(=O)o1)C(C)c1c(F)ccc(-c2ccc(Cl)nc2)c1C. The van der Waals surface area contributed by atoms with Crippen LogP contribution in [0.25, 0.3) is 11.1 Å². The van der Waals surface area contributed by atoms with Gasteiger partial charge in [0.2, 0.25) is 15.9 Å². The first-order chi connectivity index (χ1) is 17.5. The summed E-state index contributed by atoms with van der Waals surface area (Å²) in [6, 6.07) is 8.94. The van der Waals surface area contributed by atoms with E-state index in [9.17, 15) is 13.2 Å². The number of ether oxygens (including phenoxy) is 1. The molecule has 0 saturated heterocycles. The van der Waals surface area contributed by atoms with Crippen LogP contribution < -0.4 is 15.2 Å². The number of pyridine rings is 1. The predicted octanol–water partition coefficient (Wildman–Crippen LogP) is 5.01. The number of methoxy groups -OCH3 is 1. The number of benzene rings is 2. The molecule has 0 aliphatic heterocycles. The summed E-state index contributed by atoms with van der Waals surface area (Å²) in [6.07, 6.45) is 1.55. The topological polar surface area (TPSA) is 127 Å². The number of aromatic amines is 1. The molecule has 2 aromatic heterocycles. The van der Waals surface area contributed by atoms with E-state index in [-0.39, 0.29) is 27.1 Å². The predicted molar refractivity (Wildman–Crippen MR) is 136 cm³/mol. The van der Waals surface area contributed by atoms with Crippen LogP contribution in [0.5, 0.6) is 5.75 Å². The number of hydrogen-bond donors (Lipinski definition) is 2. The molecule has 2 heterocycles. The van der Waals surface area contributed by atoms with Crippen LogP contribution in [0.2, 0.25) is 10.2 Å². The van der Waals surface area contributed by atoms with Gasteiger partial charge in [-0.1, -0.05) is 36.2 Å². The lowest BCUT2D eigenvalue weighted by Gasteiger charge is -2.25. The first-order valence-corrected chi connectivity index (χ1v) is 13.1. The Morgan fingerprint density at radius 1 is 1.16 bits per heavy atom. The lowest BCUT2D eigenvalue weighted by molar-refractivity contribution is 0.374. The van der Waals surface area contributed by atoms with Crippen molar-refractivity contribution in [3.63, 3.8) is 0 Å². The average molecular weight is 567 g/mol. The minimum Gasteiger partial charge on any atom is -0.495 e. The number of nitrogens with one attached hydrogen (secondary N) is 2. The zero-order valence-corrected chi connectivity index (χ0v) is 22.1. The Morgan fingerprint density at radius 2 is 1.92 bits per heavy atom. The van der Waals surface area contributed by atoms with Gasteiger partial charge in [-0.3, -0.25) is 0 Å². The van der Waals surface area contributed by atoms with Crippen molar-refractivity contribution in [3.05, 3.63) is 92.2 Å². The van der Waals surface area contributed by atoms with Crippen molar-refractivity contribution < 1.29 is 22.0 Å². The third-order valence-electron chi connectivity index (χ3n) is 5.87. The van der Waals surface area contributed by atoms with Crippen LogP contribution in [0.1, 0.15) is 35.9 Å². The third-order valence-corrected chi connectivity index (χ3v) is 7.81. The number of halogens is 3. The summed E-state index contributed by atoms with van der Waals surface area (Å²) in [7, 11) is -3.00. The fraction of sp³-hybridized carbons (Fsp3) is 0.208. The summed E-state index contributed by atoms with van der Waals surface area (Å²) in [4.78, 5) is 15.6. The van der Waals surface area contributed by atoms with Gasteiger partial charge in [-0.25, -0.2) is 27.7 Å². The lowest BCUT2D eigenvalue weighted by atomic mass is 9.86. The summed E-state index contributed by atoms with van der Waals surface area (Å²) < 4.78 is 54.9. The third kappa shape index (κ3) is 5.54. The monoisotopic (exact) mass is 566 g/mol. The Labute approximate surface area is 221 Å². The molecular formula is C24H21Cl2FN4O5S. The molecule has 2 unspecified atom stereocenters. The first kappa shape index (κ1) is 26.8. The van der Waals surface area contributed by atoms with Gasteiger partial charge < -0.3 is 9.15 Å². The highest BCUT2D eigenvalue weighted by Crippen LogP contribution is 2.38. The Bertz CT molecular complexity index is 1610. The van der Waals surface area contributed by atoms with Crippen LogP contribution in [0, 0.1) is 12.7 Å². The van der Waals surface area contributed by atoms with E-state index in [1.807, 2.05) is 0 Å². The second-order valence-electron chi connectivity index (χ2n) is 8.14. The highest BCUT2D eigenvalue weighted by Gasteiger charge is 2.34. The normalized spacial score (nSPS) is 13.4. The van der Waals surface area contributed by atoms with Crippen molar-refractivity contribution in [1.29, 1.82) is 0 Å². The zero-order chi connectivity index (χ0) is 26.9. The van der Waals surface area contributed by atoms with Crippen LogP contribution in [-0.4, -0.2) is 30.7 Å². The molecule has 2 N–H and O–H groups in total. The number of aromatic nitrogens is 3. The number of rotatable bonds is 8. The second kappa shape index (κ2) is 10.6. The molecule has 4 aromatic rings. The molecule has 0 spiro atoms. The van der Waals surface area contributed by atoms with Gasteiger partial charge in [-0.15, -0.1) is 5.10 Å². The molecule has 0 aliphatic carbocycles. The molecule has 2 aromatic carbocycles. The average Bonchev–Trinajstić information content (AvgIpc) is 3.29. The standard InChI is InChI=1S/C24H21Cl2FN4O5S/c1-12-16(14-4-9-20(26)28-11-14)6-7-17(27)21(12)13(2)22(23-29-30-24(32)36-23)31-37(33,34)19-8-5-15(25)10-18(19)35-3/h4-11,13,22,31H,1-3H3,(H,30,32). The molecule has 13 heteroatoms. The van der Waals surface area contributed by atoms with Crippen LogP contribution in [0.15, 0.2) is 62.8 Å². The number of sulfonamides is 1. The molecule has 0 fully saturated rings. The molecule has 0 saturated carbocycles. The summed E-state index contributed by atoms with van der Waals surface area (Å²) in [6.45, 7) is 3.30. The Kier molecular flexibility index (Phi) is 7.69. The van der Waals surface area contributed by atoms with Gasteiger partial charge in [-0.05, 0) is 53.9 Å². The molecule has 0 radical (unpaired) electrons. The smallest absolute Gasteiger partial charge is 0.434 e. The van der Waals surface area contributed by atoms with Crippen LogP contribution in [-0.2, 0) is 10.0 Å². The van der Waals surface area contributed by atoms with Gasteiger partial charge in [0.1, 0.15) is 27.7 Å². The minimum atomic E-state index is -4.30. The van der Waals surface area contributed by atoms with E-state index in [0.717, 1.165) is 0 Å². The van der Waals surface area contributed by atoms with E-state index in [1.165, 1.54) is 31.4 Å². The maximum absolute atomic E-state index is 15.3.